The standard InChI is InChI=1S/C20H17ClN4OS2/c1-12-9-13(2)23-19(15(12)10-22)27-8-7-18(26)25-20-24-17(11-28-20)14-5-3-4-6-16(14)21/h3-6,9,11H,7-8H2,1-2H3,(H,24,25,26). The predicted octanol–water partition coefficient (Wildman–Crippen LogP) is 5.47. The number of nitrogens with zero attached hydrogens (tertiary/aromatic N) is 3. The Bertz CT molecular complexity index is 1060. The van der Waals surface area contributed by atoms with Crippen LogP contribution in [-0.4, -0.2) is 21.6 Å². The van der Waals surface area contributed by atoms with Crippen molar-refractivity contribution < 1.29 is 4.79 Å². The zero-order valence-electron chi connectivity index (χ0n) is 15.3. The second-order valence-electron chi connectivity index (χ2n) is 6.04. The van der Waals surface area contributed by atoms with Gasteiger partial charge in [-0.15, -0.1) is 23.1 Å². The normalized spacial score (nSPS) is 10.5. The average Bonchev–Trinajstić information content (AvgIpc) is 3.10. The number of carbonyl (C=O) groups is 1. The molecule has 0 aliphatic rings. The van der Waals surface area contributed by atoms with Gasteiger partial charge in [-0.1, -0.05) is 29.8 Å². The minimum Gasteiger partial charge on any atom is -0.302 e. The van der Waals surface area contributed by atoms with E-state index in [-0.39, 0.29) is 5.91 Å². The van der Waals surface area contributed by atoms with Gasteiger partial charge >= 0.3 is 0 Å². The highest BCUT2D eigenvalue weighted by Gasteiger charge is 2.12. The Morgan fingerprint density at radius 3 is 2.86 bits per heavy atom. The SMILES string of the molecule is Cc1cc(C)c(C#N)c(SCCC(=O)Nc2nc(-c3ccccc3Cl)cs2)n1. The van der Waals surface area contributed by atoms with Crippen LogP contribution in [0, 0.1) is 25.2 Å². The van der Waals surface area contributed by atoms with Gasteiger partial charge in [0, 0.05) is 33.8 Å². The first-order chi connectivity index (χ1) is 13.5. The number of benzene rings is 1. The van der Waals surface area contributed by atoms with E-state index in [0.29, 0.717) is 32.9 Å². The molecule has 0 bridgehead atoms. The molecule has 3 aromatic rings. The average molecular weight is 429 g/mol. The smallest absolute Gasteiger partial charge is 0.226 e. The van der Waals surface area contributed by atoms with Gasteiger partial charge in [0.25, 0.3) is 0 Å². The molecule has 0 atom stereocenters. The molecule has 3 rings (SSSR count). The summed E-state index contributed by atoms with van der Waals surface area (Å²) in [7, 11) is 0. The van der Waals surface area contributed by atoms with E-state index < -0.39 is 0 Å². The van der Waals surface area contributed by atoms with Crippen molar-refractivity contribution in [2.24, 2.45) is 0 Å². The number of halogens is 1. The number of nitrogens with one attached hydrogen (secondary N) is 1. The van der Waals surface area contributed by atoms with Crippen molar-refractivity contribution in [3.63, 3.8) is 0 Å². The number of pyridine rings is 1. The molecule has 28 heavy (non-hydrogen) atoms. The number of thiazole rings is 1. The first-order valence-electron chi connectivity index (χ1n) is 8.49. The molecule has 0 spiro atoms. The van der Waals surface area contributed by atoms with Gasteiger partial charge in [0.05, 0.1) is 11.3 Å². The van der Waals surface area contributed by atoms with Gasteiger partial charge in [-0.2, -0.15) is 5.26 Å². The lowest BCUT2D eigenvalue weighted by Crippen LogP contribution is -2.12. The van der Waals surface area contributed by atoms with Crippen LogP contribution in [0.15, 0.2) is 40.7 Å². The van der Waals surface area contributed by atoms with Crippen molar-refractivity contribution in [2.45, 2.75) is 25.3 Å². The van der Waals surface area contributed by atoms with E-state index in [1.54, 1.807) is 0 Å². The van der Waals surface area contributed by atoms with Crippen LogP contribution in [-0.2, 0) is 4.79 Å². The molecule has 0 aliphatic carbocycles. The molecule has 5 nitrogen and oxygen atoms in total. The van der Waals surface area contributed by atoms with Crippen LogP contribution in [0.3, 0.4) is 0 Å². The number of carbonyl (C=O) groups excluding carboxylic acids is 1. The number of thioether (sulfide) groups is 1. The summed E-state index contributed by atoms with van der Waals surface area (Å²) >= 11 is 8.96. The first kappa shape index (κ1) is 20.3. The first-order valence-corrected chi connectivity index (χ1v) is 10.7. The lowest BCUT2D eigenvalue weighted by molar-refractivity contribution is -0.115. The van der Waals surface area contributed by atoms with Crippen molar-refractivity contribution in [2.75, 3.05) is 11.1 Å². The Hall–Kier alpha value is -2.40. The Kier molecular flexibility index (Phi) is 6.68. The Morgan fingerprint density at radius 2 is 2.11 bits per heavy atom. The van der Waals surface area contributed by atoms with Gasteiger partial charge < -0.3 is 5.32 Å². The number of amides is 1. The second-order valence-corrected chi connectivity index (χ2v) is 8.39. The minimum absolute atomic E-state index is 0.129. The predicted molar refractivity (Wildman–Crippen MR) is 115 cm³/mol. The summed E-state index contributed by atoms with van der Waals surface area (Å²) in [5.74, 6) is 0.398. The highest BCUT2D eigenvalue weighted by atomic mass is 35.5. The monoisotopic (exact) mass is 428 g/mol. The summed E-state index contributed by atoms with van der Waals surface area (Å²) in [4.78, 5) is 21.1. The van der Waals surface area contributed by atoms with Crippen molar-refractivity contribution in [1.29, 1.82) is 5.26 Å². The van der Waals surface area contributed by atoms with Gasteiger partial charge in [0.15, 0.2) is 5.13 Å². The van der Waals surface area contributed by atoms with Crippen molar-refractivity contribution >= 4 is 45.7 Å². The van der Waals surface area contributed by atoms with E-state index in [4.69, 9.17) is 11.6 Å². The van der Waals surface area contributed by atoms with Crippen molar-refractivity contribution in [3.8, 4) is 17.3 Å². The number of hydrogen-bond donors (Lipinski definition) is 1. The molecule has 1 aromatic carbocycles. The molecule has 0 saturated heterocycles. The second kappa shape index (κ2) is 9.20. The van der Waals surface area contributed by atoms with Gasteiger partial charge in [-0.3, -0.25) is 4.79 Å². The van der Waals surface area contributed by atoms with E-state index in [1.807, 2.05) is 49.6 Å². The molecular weight excluding hydrogens is 412 g/mol. The van der Waals surface area contributed by atoms with Gasteiger partial charge in [0.2, 0.25) is 5.91 Å². The highest BCUT2D eigenvalue weighted by Crippen LogP contribution is 2.30. The molecule has 2 heterocycles. The zero-order chi connectivity index (χ0) is 20.1. The fourth-order valence-electron chi connectivity index (χ4n) is 2.59. The Balaban J connectivity index is 1.58. The van der Waals surface area contributed by atoms with Crippen LogP contribution in [0.25, 0.3) is 11.3 Å². The molecule has 1 amide bonds. The summed E-state index contributed by atoms with van der Waals surface area (Å²) in [6.45, 7) is 3.78. The van der Waals surface area contributed by atoms with E-state index in [2.05, 4.69) is 21.4 Å². The van der Waals surface area contributed by atoms with E-state index in [1.165, 1.54) is 23.1 Å². The minimum atomic E-state index is -0.129. The number of aromatic nitrogens is 2. The van der Waals surface area contributed by atoms with Crippen LogP contribution in [0.5, 0.6) is 0 Å². The van der Waals surface area contributed by atoms with Gasteiger partial charge in [-0.25, -0.2) is 9.97 Å². The summed E-state index contributed by atoms with van der Waals surface area (Å²) in [5.41, 5.74) is 3.90. The van der Waals surface area contributed by atoms with Crippen LogP contribution < -0.4 is 5.32 Å². The molecule has 8 heteroatoms. The molecule has 0 aliphatic heterocycles. The van der Waals surface area contributed by atoms with Crippen LogP contribution >= 0.6 is 34.7 Å². The molecule has 0 radical (unpaired) electrons. The lowest BCUT2D eigenvalue weighted by Gasteiger charge is -2.07. The number of nitriles is 1. The topological polar surface area (TPSA) is 78.7 Å². The maximum atomic E-state index is 12.2. The number of anilines is 1. The van der Waals surface area contributed by atoms with Crippen LogP contribution in [0.4, 0.5) is 5.13 Å². The highest BCUT2D eigenvalue weighted by molar-refractivity contribution is 7.99. The van der Waals surface area contributed by atoms with Crippen LogP contribution in [0.2, 0.25) is 5.02 Å². The third-order valence-electron chi connectivity index (χ3n) is 3.89. The van der Waals surface area contributed by atoms with Gasteiger partial charge in [0.1, 0.15) is 11.1 Å². The molecule has 0 fully saturated rings. The van der Waals surface area contributed by atoms with Gasteiger partial charge in [-0.05, 0) is 31.5 Å². The summed E-state index contributed by atoms with van der Waals surface area (Å²) in [5, 5.41) is 15.8. The van der Waals surface area contributed by atoms with Crippen molar-refractivity contribution in [3.05, 3.63) is 57.6 Å². The maximum Gasteiger partial charge on any atom is 0.226 e. The number of rotatable bonds is 6. The maximum absolute atomic E-state index is 12.2. The summed E-state index contributed by atoms with van der Waals surface area (Å²) in [6, 6.07) is 11.5. The Labute approximate surface area is 176 Å². The largest absolute Gasteiger partial charge is 0.302 e. The van der Waals surface area contributed by atoms with Crippen molar-refractivity contribution in [1.82, 2.24) is 9.97 Å². The molecule has 142 valence electrons. The lowest BCUT2D eigenvalue weighted by atomic mass is 10.1. The zero-order valence-corrected chi connectivity index (χ0v) is 17.7. The van der Waals surface area contributed by atoms with E-state index >= 15 is 0 Å². The van der Waals surface area contributed by atoms with Crippen LogP contribution in [0.1, 0.15) is 23.2 Å². The number of hydrogen-bond acceptors (Lipinski definition) is 6. The molecule has 0 unspecified atom stereocenters. The summed E-state index contributed by atoms with van der Waals surface area (Å²) < 4.78 is 0. The fourth-order valence-corrected chi connectivity index (χ4v) is 4.59. The third-order valence-corrected chi connectivity index (χ3v) is 5.96. The molecular formula is C20H17ClN4OS2. The number of aryl methyl sites for hydroxylation is 2. The third kappa shape index (κ3) is 4.90. The Morgan fingerprint density at radius 1 is 1.32 bits per heavy atom. The summed E-state index contributed by atoms with van der Waals surface area (Å²) in [6.07, 6.45) is 0.297. The molecule has 0 saturated carbocycles. The van der Waals surface area contributed by atoms with E-state index in [0.717, 1.165) is 22.5 Å². The fraction of sp³-hybridized carbons (Fsp3) is 0.200. The van der Waals surface area contributed by atoms with E-state index in [9.17, 15) is 10.1 Å². The molecule has 2 aromatic heterocycles. The molecule has 1 N–H and O–H groups in total. The quantitative estimate of drug-likeness (QED) is 0.527.